The number of phenols is 2. The number of ketones is 1. The molecule has 5 heteroatoms. The molecule has 0 saturated carbocycles. The maximum atomic E-state index is 13.3. The van der Waals surface area contributed by atoms with Crippen LogP contribution < -0.4 is 4.74 Å². The van der Waals surface area contributed by atoms with Crippen molar-refractivity contribution in [2.24, 2.45) is 5.92 Å². The minimum absolute atomic E-state index is 0.0113. The molecule has 3 N–H and O–H groups in total. The summed E-state index contributed by atoms with van der Waals surface area (Å²) < 4.78 is 5.05. The quantitative estimate of drug-likeness (QED) is 0.695. The Morgan fingerprint density at radius 3 is 2.40 bits per heavy atom. The third kappa shape index (κ3) is 1.74. The van der Waals surface area contributed by atoms with E-state index in [1.807, 2.05) is 32.0 Å². The topological polar surface area (TPSA) is 87.0 Å². The van der Waals surface area contributed by atoms with E-state index in [-0.39, 0.29) is 29.2 Å². The van der Waals surface area contributed by atoms with E-state index in [0.717, 1.165) is 5.56 Å². The van der Waals surface area contributed by atoms with Gasteiger partial charge in [-0.3, -0.25) is 4.79 Å². The van der Waals surface area contributed by atoms with Gasteiger partial charge in [0.25, 0.3) is 0 Å². The lowest BCUT2D eigenvalue weighted by atomic mass is 9.65. The maximum Gasteiger partial charge on any atom is 0.200 e. The fourth-order valence-corrected chi connectivity index (χ4v) is 4.61. The molecule has 2 atom stereocenters. The number of aromatic hydroxyl groups is 2. The Kier molecular flexibility index (Phi) is 3.04. The summed E-state index contributed by atoms with van der Waals surface area (Å²) in [4.78, 5) is 13.3. The second-order valence-electron chi connectivity index (χ2n) is 7.42. The Morgan fingerprint density at radius 1 is 1.12 bits per heavy atom. The standard InChI is InChI=1S/C20H20O5/c1-19(2)12-6-4-5-7-13(12)20(24)15(19)9-10-11(18(20)23)8-14(25-3)17(22)16(10)21/h4-8,15,21-22,24H,9H2,1-3H3. The number of phenolic OH excluding ortho intramolecular Hbond substituents is 2. The van der Waals surface area contributed by atoms with Gasteiger partial charge in [-0.05, 0) is 29.0 Å². The molecule has 2 aromatic carbocycles. The SMILES string of the molecule is COc1cc2c(c(O)c1O)CC1C(C)(C)c3ccccc3C1(O)C2=O. The van der Waals surface area contributed by atoms with Crippen LogP contribution in [0.15, 0.2) is 30.3 Å². The van der Waals surface area contributed by atoms with Crippen LogP contribution in [0.3, 0.4) is 0 Å². The fourth-order valence-electron chi connectivity index (χ4n) is 4.61. The average Bonchev–Trinajstić information content (AvgIpc) is 2.78. The third-order valence-electron chi connectivity index (χ3n) is 5.97. The van der Waals surface area contributed by atoms with Crippen LogP contribution in [0.1, 0.15) is 40.9 Å². The van der Waals surface area contributed by atoms with E-state index < -0.39 is 22.7 Å². The highest BCUT2D eigenvalue weighted by Crippen LogP contribution is 2.59. The number of fused-ring (bicyclic) bond motifs is 4. The number of hydrogen-bond acceptors (Lipinski definition) is 5. The molecule has 0 radical (unpaired) electrons. The number of rotatable bonds is 1. The molecule has 0 aliphatic heterocycles. The van der Waals surface area contributed by atoms with Crippen molar-refractivity contribution in [1.82, 2.24) is 0 Å². The predicted octanol–water partition coefficient (Wildman–Crippen LogP) is 2.64. The van der Waals surface area contributed by atoms with Gasteiger partial charge in [-0.2, -0.15) is 0 Å². The largest absolute Gasteiger partial charge is 0.504 e. The number of benzene rings is 2. The van der Waals surface area contributed by atoms with E-state index in [9.17, 15) is 20.1 Å². The van der Waals surface area contributed by atoms with Gasteiger partial charge in [-0.15, -0.1) is 0 Å². The zero-order valence-corrected chi connectivity index (χ0v) is 14.3. The smallest absolute Gasteiger partial charge is 0.200 e. The number of hydrogen-bond donors (Lipinski definition) is 3. The van der Waals surface area contributed by atoms with Crippen molar-refractivity contribution in [2.45, 2.75) is 31.3 Å². The first-order valence-electron chi connectivity index (χ1n) is 8.23. The Bertz CT molecular complexity index is 915. The molecule has 2 unspecified atom stereocenters. The second-order valence-corrected chi connectivity index (χ2v) is 7.42. The minimum Gasteiger partial charge on any atom is -0.504 e. The van der Waals surface area contributed by atoms with Crippen molar-refractivity contribution in [2.75, 3.05) is 7.11 Å². The zero-order valence-electron chi connectivity index (χ0n) is 14.3. The molecule has 2 aromatic rings. The second kappa shape index (κ2) is 4.76. The Hall–Kier alpha value is -2.53. The first kappa shape index (κ1) is 16.0. The van der Waals surface area contributed by atoms with Gasteiger partial charge >= 0.3 is 0 Å². The summed E-state index contributed by atoms with van der Waals surface area (Å²) in [5.74, 6) is -1.62. The number of aliphatic hydroxyl groups is 1. The van der Waals surface area contributed by atoms with Crippen LogP contribution in [0.25, 0.3) is 0 Å². The summed E-state index contributed by atoms with van der Waals surface area (Å²) in [7, 11) is 1.35. The molecule has 0 amide bonds. The van der Waals surface area contributed by atoms with Crippen molar-refractivity contribution >= 4 is 5.78 Å². The summed E-state index contributed by atoms with van der Waals surface area (Å²) in [6.45, 7) is 3.99. The van der Waals surface area contributed by atoms with Crippen molar-refractivity contribution in [3.63, 3.8) is 0 Å². The molecule has 25 heavy (non-hydrogen) atoms. The van der Waals surface area contributed by atoms with Gasteiger partial charge in [-0.1, -0.05) is 38.1 Å². The van der Waals surface area contributed by atoms with Gasteiger partial charge in [0.15, 0.2) is 22.9 Å². The van der Waals surface area contributed by atoms with Crippen LogP contribution >= 0.6 is 0 Å². The normalized spacial score (nSPS) is 25.9. The molecule has 0 spiro atoms. The van der Waals surface area contributed by atoms with Crippen molar-refractivity contribution in [1.29, 1.82) is 0 Å². The Morgan fingerprint density at radius 2 is 1.76 bits per heavy atom. The highest BCUT2D eigenvalue weighted by Gasteiger charge is 2.61. The molecule has 0 aromatic heterocycles. The molecule has 130 valence electrons. The lowest BCUT2D eigenvalue weighted by molar-refractivity contribution is -0.0182. The summed E-state index contributed by atoms with van der Waals surface area (Å²) in [5.41, 5.74) is -0.00821. The summed E-state index contributed by atoms with van der Waals surface area (Å²) in [6, 6.07) is 8.83. The van der Waals surface area contributed by atoms with Crippen molar-refractivity contribution in [3.05, 3.63) is 52.6 Å². The van der Waals surface area contributed by atoms with Crippen LogP contribution in [-0.2, 0) is 17.4 Å². The molecule has 0 fully saturated rings. The van der Waals surface area contributed by atoms with E-state index in [4.69, 9.17) is 4.74 Å². The van der Waals surface area contributed by atoms with Crippen LogP contribution in [0, 0.1) is 5.92 Å². The first-order valence-corrected chi connectivity index (χ1v) is 8.23. The molecule has 0 heterocycles. The number of methoxy groups -OCH3 is 1. The molecular formula is C20H20O5. The average molecular weight is 340 g/mol. The fraction of sp³-hybridized carbons (Fsp3) is 0.350. The van der Waals surface area contributed by atoms with Gasteiger partial charge in [0.2, 0.25) is 5.75 Å². The Labute approximate surface area is 145 Å². The van der Waals surface area contributed by atoms with E-state index in [1.54, 1.807) is 6.07 Å². The molecule has 2 aliphatic carbocycles. The first-order chi connectivity index (χ1) is 11.7. The lowest BCUT2D eigenvalue weighted by Crippen LogP contribution is -2.48. The van der Waals surface area contributed by atoms with Gasteiger partial charge in [-0.25, -0.2) is 0 Å². The van der Waals surface area contributed by atoms with Crippen LogP contribution in [0.5, 0.6) is 17.2 Å². The molecule has 0 saturated heterocycles. The molecule has 4 rings (SSSR count). The number of ether oxygens (including phenoxy) is 1. The van der Waals surface area contributed by atoms with Gasteiger partial charge in [0, 0.05) is 17.0 Å². The highest BCUT2D eigenvalue weighted by molar-refractivity contribution is 6.07. The van der Waals surface area contributed by atoms with Gasteiger partial charge in [0.05, 0.1) is 7.11 Å². The van der Waals surface area contributed by atoms with Crippen LogP contribution in [0.2, 0.25) is 0 Å². The summed E-state index contributed by atoms with van der Waals surface area (Å²) in [5, 5.41) is 32.0. The molecule has 5 nitrogen and oxygen atoms in total. The van der Waals surface area contributed by atoms with Gasteiger partial charge < -0.3 is 20.1 Å². The molecular weight excluding hydrogens is 320 g/mol. The third-order valence-corrected chi connectivity index (χ3v) is 5.97. The van der Waals surface area contributed by atoms with E-state index >= 15 is 0 Å². The lowest BCUT2D eigenvalue weighted by Gasteiger charge is -2.40. The van der Waals surface area contributed by atoms with Crippen LogP contribution in [-0.4, -0.2) is 28.2 Å². The van der Waals surface area contributed by atoms with Crippen molar-refractivity contribution in [3.8, 4) is 17.2 Å². The number of carbonyl (C=O) groups is 1. The summed E-state index contributed by atoms with van der Waals surface area (Å²) in [6.07, 6.45) is 0.280. The highest BCUT2D eigenvalue weighted by atomic mass is 16.5. The van der Waals surface area contributed by atoms with E-state index in [1.165, 1.54) is 13.2 Å². The monoisotopic (exact) mass is 340 g/mol. The van der Waals surface area contributed by atoms with Crippen molar-refractivity contribution < 1.29 is 24.9 Å². The maximum absolute atomic E-state index is 13.3. The van der Waals surface area contributed by atoms with Gasteiger partial charge in [0.1, 0.15) is 0 Å². The predicted molar refractivity (Wildman–Crippen MR) is 91.2 cm³/mol. The zero-order chi connectivity index (χ0) is 18.1. The van der Waals surface area contributed by atoms with Crippen LogP contribution in [0.4, 0.5) is 0 Å². The minimum atomic E-state index is -1.65. The number of Topliss-reactive ketones (excluding diaryl/α,β-unsaturated/α-hetero) is 1. The molecule has 2 aliphatic rings. The number of carbonyl (C=O) groups excluding carboxylic acids is 1. The Balaban J connectivity index is 2.02. The van der Waals surface area contributed by atoms with E-state index in [2.05, 4.69) is 0 Å². The van der Waals surface area contributed by atoms with E-state index in [0.29, 0.717) is 11.1 Å². The molecule has 0 bridgehead atoms. The summed E-state index contributed by atoms with van der Waals surface area (Å²) >= 11 is 0.